The number of fused-ring (bicyclic) bond motifs is 1. The Morgan fingerprint density at radius 3 is 2.56 bits per heavy atom. The first kappa shape index (κ1) is 19.1. The molecule has 0 aliphatic carbocycles. The quantitative estimate of drug-likeness (QED) is 0.635. The summed E-state index contributed by atoms with van der Waals surface area (Å²) in [4.78, 5) is 20.2. The minimum absolute atomic E-state index is 0.0365. The maximum atomic E-state index is 12.8. The lowest BCUT2D eigenvalue weighted by molar-refractivity contribution is 0.101. The maximum absolute atomic E-state index is 12.8. The number of para-hydroxylation sites is 1. The second-order valence-corrected chi connectivity index (χ2v) is 8.86. The van der Waals surface area contributed by atoms with Crippen molar-refractivity contribution in [1.82, 2.24) is 19.6 Å². The van der Waals surface area contributed by atoms with Crippen LogP contribution in [0.4, 0.5) is 5.69 Å². The monoisotopic (exact) mass is 407 g/mol. The molecule has 0 radical (unpaired) electrons. The lowest BCUT2D eigenvalue weighted by Gasteiger charge is -2.13. The van der Waals surface area contributed by atoms with Crippen molar-refractivity contribution < 1.29 is 17.4 Å². The SMILES string of the molecule is CC(=O)c1cccc(S(C)=O)c1NS(=O)(=O)c1nc2nc(C)cc(C)n2n1. The van der Waals surface area contributed by atoms with Crippen molar-refractivity contribution in [3.63, 3.8) is 0 Å². The highest BCUT2D eigenvalue weighted by molar-refractivity contribution is 7.92. The molecule has 0 saturated heterocycles. The first-order valence-electron chi connectivity index (χ1n) is 7.81. The number of anilines is 1. The number of ketones is 1. The molecule has 9 nitrogen and oxygen atoms in total. The van der Waals surface area contributed by atoms with E-state index in [9.17, 15) is 17.4 Å². The Hall–Kier alpha value is -2.66. The Bertz CT molecular complexity index is 1170. The average Bonchev–Trinajstić information content (AvgIpc) is 2.99. The third-order valence-electron chi connectivity index (χ3n) is 3.79. The fraction of sp³-hybridized carbons (Fsp3) is 0.250. The number of hydrogen-bond donors (Lipinski definition) is 1. The summed E-state index contributed by atoms with van der Waals surface area (Å²) in [5.74, 6) is -0.219. The Morgan fingerprint density at radius 1 is 1.22 bits per heavy atom. The van der Waals surface area contributed by atoms with Gasteiger partial charge in [0.15, 0.2) is 5.78 Å². The van der Waals surface area contributed by atoms with Gasteiger partial charge in [0.05, 0.1) is 21.4 Å². The molecule has 0 saturated carbocycles. The van der Waals surface area contributed by atoms with E-state index >= 15 is 0 Å². The van der Waals surface area contributed by atoms with Crippen LogP contribution in [-0.2, 0) is 20.8 Å². The van der Waals surface area contributed by atoms with E-state index in [-0.39, 0.29) is 27.7 Å². The zero-order chi connectivity index (χ0) is 19.9. The topological polar surface area (TPSA) is 123 Å². The van der Waals surface area contributed by atoms with Crippen molar-refractivity contribution in [2.45, 2.75) is 30.8 Å². The van der Waals surface area contributed by atoms with Gasteiger partial charge < -0.3 is 0 Å². The molecule has 2 heterocycles. The normalized spacial score (nSPS) is 12.9. The van der Waals surface area contributed by atoms with E-state index in [2.05, 4.69) is 19.8 Å². The van der Waals surface area contributed by atoms with Gasteiger partial charge in [-0.25, -0.2) is 9.50 Å². The zero-order valence-corrected chi connectivity index (χ0v) is 16.7. The second-order valence-electron chi connectivity index (χ2n) is 5.94. The van der Waals surface area contributed by atoms with Crippen LogP contribution in [0.1, 0.15) is 28.7 Å². The highest BCUT2D eigenvalue weighted by Crippen LogP contribution is 2.27. The first-order valence-corrected chi connectivity index (χ1v) is 10.9. The van der Waals surface area contributed by atoms with E-state index in [1.54, 1.807) is 26.0 Å². The summed E-state index contributed by atoms with van der Waals surface area (Å²) in [5, 5.41) is 3.51. The van der Waals surface area contributed by atoms with Crippen molar-refractivity contribution in [3.8, 4) is 0 Å². The molecular weight excluding hydrogens is 390 g/mol. The molecule has 142 valence electrons. The number of Topliss-reactive ketones (excluding diaryl/α,β-unsaturated/α-hetero) is 1. The van der Waals surface area contributed by atoms with Crippen LogP contribution in [0.15, 0.2) is 34.3 Å². The number of hydrogen-bond acceptors (Lipinski definition) is 7. The lowest BCUT2D eigenvalue weighted by atomic mass is 10.1. The van der Waals surface area contributed by atoms with Crippen LogP contribution in [0.3, 0.4) is 0 Å². The minimum atomic E-state index is -4.24. The fourth-order valence-corrected chi connectivity index (χ4v) is 4.37. The second kappa shape index (κ2) is 6.82. The van der Waals surface area contributed by atoms with Crippen LogP contribution >= 0.6 is 0 Å². The molecule has 1 N–H and O–H groups in total. The number of sulfonamides is 1. The summed E-state index contributed by atoms with van der Waals surface area (Å²) in [6.45, 7) is 4.82. The zero-order valence-electron chi connectivity index (χ0n) is 15.0. The molecule has 1 atom stereocenters. The summed E-state index contributed by atoms with van der Waals surface area (Å²) < 4.78 is 41.3. The standard InChI is InChI=1S/C16H17N5O4S2/c1-9-8-10(2)21-15(17-9)18-16(19-21)27(24,25)20-14-12(11(3)22)6-5-7-13(14)26(4)23/h5-8,20H,1-4H3. The first-order chi connectivity index (χ1) is 12.6. The Kier molecular flexibility index (Phi) is 4.82. The molecule has 27 heavy (non-hydrogen) atoms. The molecule has 0 bridgehead atoms. The summed E-state index contributed by atoms with van der Waals surface area (Å²) in [6.07, 6.45) is 1.40. The smallest absolute Gasteiger partial charge is 0.294 e. The Morgan fingerprint density at radius 2 is 1.93 bits per heavy atom. The molecule has 0 amide bonds. The predicted octanol–water partition coefficient (Wildman–Crippen LogP) is 1.48. The van der Waals surface area contributed by atoms with E-state index in [1.807, 2.05) is 0 Å². The number of aryl methyl sites for hydroxylation is 2. The number of aromatic nitrogens is 4. The highest BCUT2D eigenvalue weighted by atomic mass is 32.2. The van der Waals surface area contributed by atoms with Crippen molar-refractivity contribution >= 4 is 38.1 Å². The number of rotatable bonds is 5. The molecular formula is C16H17N5O4S2. The van der Waals surface area contributed by atoms with Crippen molar-refractivity contribution in [1.29, 1.82) is 0 Å². The molecule has 3 rings (SSSR count). The number of carbonyl (C=O) groups is 1. The van der Waals surface area contributed by atoms with E-state index in [0.717, 1.165) is 0 Å². The third-order valence-corrected chi connectivity index (χ3v) is 5.88. The number of nitrogens with zero attached hydrogens (tertiary/aromatic N) is 4. The molecule has 1 aromatic carbocycles. The summed E-state index contributed by atoms with van der Waals surface area (Å²) in [6, 6.07) is 6.24. The van der Waals surface area contributed by atoms with Crippen LogP contribution in [0.5, 0.6) is 0 Å². The molecule has 0 spiro atoms. The number of nitrogens with one attached hydrogen (secondary N) is 1. The summed E-state index contributed by atoms with van der Waals surface area (Å²) in [5.41, 5.74) is 1.42. The van der Waals surface area contributed by atoms with Crippen LogP contribution in [0.2, 0.25) is 0 Å². The van der Waals surface area contributed by atoms with Gasteiger partial charge >= 0.3 is 0 Å². The largest absolute Gasteiger partial charge is 0.299 e. The predicted molar refractivity (Wildman–Crippen MR) is 99.8 cm³/mol. The minimum Gasteiger partial charge on any atom is -0.294 e. The van der Waals surface area contributed by atoms with Crippen LogP contribution in [-0.4, -0.2) is 44.2 Å². The fourth-order valence-electron chi connectivity index (χ4n) is 2.61. The molecule has 1 unspecified atom stereocenters. The average molecular weight is 407 g/mol. The van der Waals surface area contributed by atoms with Gasteiger partial charge in [-0.1, -0.05) is 6.07 Å². The van der Waals surface area contributed by atoms with Crippen molar-refractivity contribution in [3.05, 3.63) is 41.2 Å². The van der Waals surface area contributed by atoms with Gasteiger partial charge in [-0.05, 0) is 39.0 Å². The van der Waals surface area contributed by atoms with E-state index < -0.39 is 26.0 Å². The molecule has 0 aliphatic rings. The van der Waals surface area contributed by atoms with Gasteiger partial charge in [0.1, 0.15) is 0 Å². The van der Waals surface area contributed by atoms with E-state index in [1.165, 1.54) is 29.8 Å². The summed E-state index contributed by atoms with van der Waals surface area (Å²) >= 11 is 0. The van der Waals surface area contributed by atoms with Gasteiger partial charge in [0, 0.05) is 23.2 Å². The molecule has 3 aromatic rings. The maximum Gasteiger partial charge on any atom is 0.299 e. The van der Waals surface area contributed by atoms with Crippen molar-refractivity contribution in [2.75, 3.05) is 11.0 Å². The van der Waals surface area contributed by atoms with Gasteiger partial charge in [0.2, 0.25) is 0 Å². The van der Waals surface area contributed by atoms with Crippen molar-refractivity contribution in [2.24, 2.45) is 0 Å². The van der Waals surface area contributed by atoms with Gasteiger partial charge in [-0.15, -0.1) is 5.10 Å². The van der Waals surface area contributed by atoms with E-state index in [4.69, 9.17) is 0 Å². The molecule has 0 fully saturated rings. The van der Waals surface area contributed by atoms with E-state index in [0.29, 0.717) is 11.4 Å². The van der Waals surface area contributed by atoms with Crippen LogP contribution in [0.25, 0.3) is 5.78 Å². The molecule has 2 aromatic heterocycles. The summed E-state index contributed by atoms with van der Waals surface area (Å²) in [7, 11) is -5.75. The Labute approximate surface area is 158 Å². The Balaban J connectivity index is 2.14. The molecule has 0 aliphatic heterocycles. The van der Waals surface area contributed by atoms with Gasteiger partial charge in [-0.3, -0.25) is 13.7 Å². The van der Waals surface area contributed by atoms with Crippen LogP contribution in [0, 0.1) is 13.8 Å². The van der Waals surface area contributed by atoms with Gasteiger partial charge in [-0.2, -0.15) is 13.4 Å². The third kappa shape index (κ3) is 3.60. The molecule has 11 heteroatoms. The number of carbonyl (C=O) groups excluding carboxylic acids is 1. The van der Waals surface area contributed by atoms with Crippen LogP contribution < -0.4 is 4.72 Å². The lowest BCUT2D eigenvalue weighted by Crippen LogP contribution is -2.18. The van der Waals surface area contributed by atoms with Gasteiger partial charge in [0.25, 0.3) is 21.0 Å². The number of benzene rings is 1. The highest BCUT2D eigenvalue weighted by Gasteiger charge is 2.26.